The minimum atomic E-state index is -3.48. The van der Waals surface area contributed by atoms with Gasteiger partial charge in [-0.05, 0) is 25.1 Å². The minimum Gasteiger partial charge on any atom is -0.386 e. The summed E-state index contributed by atoms with van der Waals surface area (Å²) in [5.41, 5.74) is -0.0848. The Balaban J connectivity index is 2.30. The molecule has 5 nitrogen and oxygen atoms in total. The van der Waals surface area contributed by atoms with Gasteiger partial charge in [0.15, 0.2) is 0 Å². The van der Waals surface area contributed by atoms with Crippen LogP contribution in [0, 0.1) is 5.92 Å². The van der Waals surface area contributed by atoms with Crippen LogP contribution in [-0.4, -0.2) is 39.3 Å². The summed E-state index contributed by atoms with van der Waals surface area (Å²) in [6.45, 7) is 4.85. The van der Waals surface area contributed by atoms with Crippen LogP contribution in [0.4, 0.5) is 5.69 Å². The van der Waals surface area contributed by atoms with E-state index in [0.29, 0.717) is 18.8 Å². The molecule has 19 heavy (non-hydrogen) atoms. The molecule has 1 aliphatic heterocycles. The molecule has 1 aromatic carbocycles. The molecular weight excluding hydrogens is 264 g/mol. The summed E-state index contributed by atoms with van der Waals surface area (Å²) in [4.78, 5) is 2.15. The van der Waals surface area contributed by atoms with Gasteiger partial charge in [-0.25, -0.2) is 13.1 Å². The quantitative estimate of drug-likeness (QED) is 0.858. The van der Waals surface area contributed by atoms with Crippen LogP contribution in [-0.2, 0) is 10.0 Å². The number of nitrogens with zero attached hydrogens (tertiary/aromatic N) is 1. The number of rotatable bonds is 4. The Morgan fingerprint density at radius 3 is 2.42 bits per heavy atom. The summed E-state index contributed by atoms with van der Waals surface area (Å²) in [5.74, 6) is 0.150. The van der Waals surface area contributed by atoms with E-state index >= 15 is 0 Å². The Bertz CT molecular complexity index is 563. The summed E-state index contributed by atoms with van der Waals surface area (Å²) in [6.07, 6.45) is 0. The lowest BCUT2D eigenvalue weighted by atomic mass is 9.82. The molecule has 0 saturated carbocycles. The van der Waals surface area contributed by atoms with Crippen molar-refractivity contribution in [1.82, 2.24) is 4.72 Å². The average molecular weight is 284 g/mol. The van der Waals surface area contributed by atoms with Crippen LogP contribution < -0.4 is 9.62 Å². The molecule has 1 heterocycles. The summed E-state index contributed by atoms with van der Waals surface area (Å²) in [5, 5.41) is 10.3. The first-order chi connectivity index (χ1) is 8.80. The Labute approximate surface area is 114 Å². The molecule has 0 spiro atoms. The highest BCUT2D eigenvalue weighted by Crippen LogP contribution is 2.35. The Morgan fingerprint density at radius 1 is 1.32 bits per heavy atom. The van der Waals surface area contributed by atoms with Crippen molar-refractivity contribution < 1.29 is 13.5 Å². The lowest BCUT2D eigenvalue weighted by Crippen LogP contribution is -2.65. The lowest BCUT2D eigenvalue weighted by Gasteiger charge is -2.50. The normalized spacial score (nSPS) is 18.5. The number of β-amino-alcohol motifs (C(OH)–C–C–N with tert-alkyl or cyclic N) is 1. The van der Waals surface area contributed by atoms with Gasteiger partial charge in [0.2, 0.25) is 10.0 Å². The fraction of sp³-hybridized carbons (Fsp3) is 0.538. The molecule has 0 radical (unpaired) electrons. The maximum absolute atomic E-state index is 12.0. The van der Waals surface area contributed by atoms with Crippen molar-refractivity contribution in [2.45, 2.75) is 24.3 Å². The maximum Gasteiger partial charge on any atom is 0.242 e. The largest absolute Gasteiger partial charge is 0.386 e. The van der Waals surface area contributed by atoms with E-state index in [2.05, 4.69) is 4.72 Å². The topological polar surface area (TPSA) is 69.6 Å². The Morgan fingerprint density at radius 2 is 1.89 bits per heavy atom. The maximum atomic E-state index is 12.0. The summed E-state index contributed by atoms with van der Waals surface area (Å²) < 4.78 is 26.2. The summed E-state index contributed by atoms with van der Waals surface area (Å²) in [7, 11) is -2.09. The predicted molar refractivity (Wildman–Crippen MR) is 74.7 cm³/mol. The summed E-state index contributed by atoms with van der Waals surface area (Å²) in [6, 6.07) is 6.84. The highest BCUT2D eigenvalue weighted by molar-refractivity contribution is 7.89. The van der Waals surface area contributed by atoms with Crippen LogP contribution in [0.2, 0.25) is 0 Å². The third kappa shape index (κ3) is 2.48. The van der Waals surface area contributed by atoms with E-state index in [0.717, 1.165) is 0 Å². The van der Waals surface area contributed by atoms with Crippen LogP contribution >= 0.6 is 0 Å². The zero-order valence-corrected chi connectivity index (χ0v) is 12.2. The van der Waals surface area contributed by atoms with Crippen molar-refractivity contribution in [1.29, 1.82) is 0 Å². The van der Waals surface area contributed by atoms with Gasteiger partial charge in [-0.15, -0.1) is 0 Å². The fourth-order valence-corrected chi connectivity index (χ4v) is 3.16. The average Bonchev–Trinajstić information content (AvgIpc) is 2.34. The standard InChI is InChI=1S/C13H20N2O3S/c1-10(2)13(16)8-15(9-13)11-6-4-5-7-12(11)19(17,18)14-3/h4-7,10,14,16H,8-9H2,1-3H3. The molecule has 0 atom stereocenters. The molecule has 0 amide bonds. The number of hydrogen-bond acceptors (Lipinski definition) is 4. The molecule has 1 fully saturated rings. The van der Waals surface area contributed by atoms with E-state index in [4.69, 9.17) is 0 Å². The molecule has 0 aromatic heterocycles. The molecule has 6 heteroatoms. The van der Waals surface area contributed by atoms with Crippen LogP contribution in [0.25, 0.3) is 0 Å². The van der Waals surface area contributed by atoms with Crippen LogP contribution in [0.15, 0.2) is 29.2 Å². The SMILES string of the molecule is CNS(=O)(=O)c1ccccc1N1CC(O)(C(C)C)C1. The molecule has 1 aromatic rings. The van der Waals surface area contributed by atoms with Gasteiger partial charge in [-0.3, -0.25) is 0 Å². The second-order valence-corrected chi connectivity index (χ2v) is 7.14. The Kier molecular flexibility index (Phi) is 3.59. The monoisotopic (exact) mass is 284 g/mol. The minimum absolute atomic E-state index is 0.150. The molecule has 2 rings (SSSR count). The van der Waals surface area contributed by atoms with Crippen molar-refractivity contribution in [3.63, 3.8) is 0 Å². The first-order valence-corrected chi connectivity index (χ1v) is 7.78. The first kappa shape index (κ1) is 14.3. The van der Waals surface area contributed by atoms with E-state index in [9.17, 15) is 13.5 Å². The van der Waals surface area contributed by atoms with Crippen molar-refractivity contribution in [3.05, 3.63) is 24.3 Å². The predicted octanol–water partition coefficient (Wildman–Crippen LogP) is 0.802. The van der Waals surface area contributed by atoms with Gasteiger partial charge in [-0.1, -0.05) is 26.0 Å². The van der Waals surface area contributed by atoms with Crippen molar-refractivity contribution in [3.8, 4) is 0 Å². The molecule has 1 aliphatic rings. The molecule has 2 N–H and O–H groups in total. The highest BCUT2D eigenvalue weighted by Gasteiger charge is 2.44. The fourth-order valence-electron chi connectivity index (χ4n) is 2.21. The van der Waals surface area contributed by atoms with E-state index < -0.39 is 15.6 Å². The van der Waals surface area contributed by atoms with Gasteiger partial charge in [0, 0.05) is 13.1 Å². The zero-order chi connectivity index (χ0) is 14.3. The number of nitrogens with one attached hydrogen (secondary N) is 1. The van der Waals surface area contributed by atoms with Crippen LogP contribution in [0.5, 0.6) is 0 Å². The number of aliphatic hydroxyl groups is 1. The third-order valence-electron chi connectivity index (χ3n) is 3.77. The van der Waals surface area contributed by atoms with Crippen molar-refractivity contribution >= 4 is 15.7 Å². The van der Waals surface area contributed by atoms with Gasteiger partial charge in [0.1, 0.15) is 10.5 Å². The highest BCUT2D eigenvalue weighted by atomic mass is 32.2. The van der Waals surface area contributed by atoms with Crippen LogP contribution in [0.1, 0.15) is 13.8 Å². The van der Waals surface area contributed by atoms with E-state index in [1.54, 1.807) is 24.3 Å². The van der Waals surface area contributed by atoms with E-state index in [1.807, 2.05) is 18.7 Å². The lowest BCUT2D eigenvalue weighted by molar-refractivity contribution is -0.0303. The number of sulfonamides is 1. The molecule has 0 aliphatic carbocycles. The first-order valence-electron chi connectivity index (χ1n) is 6.30. The number of anilines is 1. The summed E-state index contributed by atoms with van der Waals surface area (Å²) >= 11 is 0. The van der Waals surface area contributed by atoms with Gasteiger partial charge in [0.25, 0.3) is 0 Å². The van der Waals surface area contributed by atoms with E-state index in [1.165, 1.54) is 7.05 Å². The van der Waals surface area contributed by atoms with E-state index in [-0.39, 0.29) is 10.8 Å². The Hall–Kier alpha value is -1.11. The smallest absolute Gasteiger partial charge is 0.242 e. The van der Waals surface area contributed by atoms with Gasteiger partial charge < -0.3 is 10.0 Å². The second kappa shape index (κ2) is 4.77. The third-order valence-corrected chi connectivity index (χ3v) is 5.23. The molecular formula is C13H20N2O3S. The van der Waals surface area contributed by atoms with Gasteiger partial charge in [0.05, 0.1) is 5.69 Å². The number of benzene rings is 1. The van der Waals surface area contributed by atoms with Gasteiger partial charge in [-0.2, -0.15) is 0 Å². The second-order valence-electron chi connectivity index (χ2n) is 5.29. The number of hydrogen-bond donors (Lipinski definition) is 2. The molecule has 106 valence electrons. The molecule has 1 saturated heterocycles. The van der Waals surface area contributed by atoms with Crippen molar-refractivity contribution in [2.75, 3.05) is 25.0 Å². The molecule has 0 bridgehead atoms. The number of para-hydroxylation sites is 1. The van der Waals surface area contributed by atoms with Crippen LogP contribution in [0.3, 0.4) is 0 Å². The van der Waals surface area contributed by atoms with Crippen molar-refractivity contribution in [2.24, 2.45) is 5.92 Å². The molecule has 0 unspecified atom stereocenters. The van der Waals surface area contributed by atoms with Gasteiger partial charge >= 0.3 is 0 Å². The zero-order valence-electron chi connectivity index (χ0n) is 11.4.